The molecule has 0 aliphatic heterocycles. The third kappa shape index (κ3) is 4.34. The molecule has 0 amide bonds. The number of H-pyrrole nitrogens is 2. The van der Waals surface area contributed by atoms with Crippen molar-refractivity contribution in [2.75, 3.05) is 19.6 Å². The summed E-state index contributed by atoms with van der Waals surface area (Å²) >= 11 is 5.22. The van der Waals surface area contributed by atoms with Crippen molar-refractivity contribution in [3.63, 3.8) is 0 Å². The molecule has 0 fully saturated rings. The van der Waals surface area contributed by atoms with Gasteiger partial charge >= 0.3 is 0 Å². The molecule has 1 aromatic heterocycles. The molecule has 3 nitrogen and oxygen atoms in total. The van der Waals surface area contributed by atoms with E-state index in [1.807, 2.05) is 0 Å². The second-order valence-corrected chi connectivity index (χ2v) is 6.65. The average Bonchev–Trinajstić information content (AvgIpc) is 2.99. The number of aromatic nitrogens is 2. The summed E-state index contributed by atoms with van der Waals surface area (Å²) in [5.41, 5.74) is 5.00. The second kappa shape index (κ2) is 8.27. The van der Waals surface area contributed by atoms with Gasteiger partial charge in [-0.2, -0.15) is 0 Å². The maximum Gasteiger partial charge on any atom is 0.175 e. The van der Waals surface area contributed by atoms with Gasteiger partial charge in [0.1, 0.15) is 0 Å². The fourth-order valence-electron chi connectivity index (χ4n) is 3.19. The Bertz CT molecular complexity index is 820. The van der Waals surface area contributed by atoms with Crippen molar-refractivity contribution in [1.82, 2.24) is 14.9 Å². The molecule has 126 valence electrons. The van der Waals surface area contributed by atoms with Crippen molar-refractivity contribution in [2.45, 2.75) is 26.2 Å². The van der Waals surface area contributed by atoms with E-state index in [2.05, 4.69) is 70.3 Å². The highest BCUT2D eigenvalue weighted by Crippen LogP contribution is 2.16. The van der Waals surface area contributed by atoms with Crippen molar-refractivity contribution >= 4 is 23.3 Å². The number of fused-ring (bicyclic) bond motifs is 1. The standard InChI is InChI=1S/C20H25N3S/c1-2-13-23(14-11-16-7-4-3-5-8-16)15-12-17-9-6-10-18-19(17)22-20(24)21-18/h3-10H,2,11-15H2,1H3,(H2,21,22,24). The predicted octanol–water partition coefficient (Wildman–Crippen LogP) is 4.72. The lowest BCUT2D eigenvalue weighted by molar-refractivity contribution is 0.281. The van der Waals surface area contributed by atoms with Crippen LogP contribution >= 0.6 is 12.2 Å². The summed E-state index contributed by atoms with van der Waals surface area (Å²) in [5, 5.41) is 0. The highest BCUT2D eigenvalue weighted by molar-refractivity contribution is 7.71. The van der Waals surface area contributed by atoms with Crippen LogP contribution in [0.2, 0.25) is 0 Å². The van der Waals surface area contributed by atoms with Crippen LogP contribution in [0.1, 0.15) is 24.5 Å². The molecule has 0 saturated heterocycles. The van der Waals surface area contributed by atoms with Gasteiger partial charge in [-0.15, -0.1) is 0 Å². The summed E-state index contributed by atoms with van der Waals surface area (Å²) in [6, 6.07) is 17.1. The van der Waals surface area contributed by atoms with E-state index in [1.165, 1.54) is 17.5 Å². The number of aromatic amines is 2. The molecule has 0 bridgehead atoms. The monoisotopic (exact) mass is 339 g/mol. The summed E-state index contributed by atoms with van der Waals surface area (Å²) in [7, 11) is 0. The number of para-hydroxylation sites is 1. The predicted molar refractivity (Wildman–Crippen MR) is 104 cm³/mol. The largest absolute Gasteiger partial charge is 0.331 e. The number of hydrogen-bond donors (Lipinski definition) is 2. The zero-order valence-corrected chi connectivity index (χ0v) is 15.0. The van der Waals surface area contributed by atoms with Crippen LogP contribution in [-0.2, 0) is 12.8 Å². The van der Waals surface area contributed by atoms with Gasteiger partial charge in [-0.1, -0.05) is 49.4 Å². The first-order chi connectivity index (χ1) is 11.8. The van der Waals surface area contributed by atoms with Crippen LogP contribution in [0.25, 0.3) is 11.0 Å². The third-order valence-electron chi connectivity index (χ3n) is 4.43. The van der Waals surface area contributed by atoms with Crippen LogP contribution in [0.5, 0.6) is 0 Å². The van der Waals surface area contributed by atoms with Crippen LogP contribution < -0.4 is 0 Å². The van der Waals surface area contributed by atoms with Crippen molar-refractivity contribution in [1.29, 1.82) is 0 Å². The zero-order valence-electron chi connectivity index (χ0n) is 14.2. The minimum Gasteiger partial charge on any atom is -0.331 e. The van der Waals surface area contributed by atoms with Crippen LogP contribution in [0.15, 0.2) is 48.5 Å². The van der Waals surface area contributed by atoms with E-state index in [4.69, 9.17) is 12.2 Å². The van der Waals surface area contributed by atoms with Gasteiger partial charge in [0, 0.05) is 13.1 Å². The molecule has 0 unspecified atom stereocenters. The van der Waals surface area contributed by atoms with Gasteiger partial charge < -0.3 is 14.9 Å². The van der Waals surface area contributed by atoms with E-state index < -0.39 is 0 Å². The first-order valence-corrected chi connectivity index (χ1v) is 9.13. The van der Waals surface area contributed by atoms with Crippen LogP contribution in [0.4, 0.5) is 0 Å². The maximum atomic E-state index is 5.22. The molecule has 1 heterocycles. The van der Waals surface area contributed by atoms with Crippen molar-refractivity contribution in [2.24, 2.45) is 0 Å². The van der Waals surface area contributed by atoms with E-state index in [1.54, 1.807) is 0 Å². The molecule has 4 heteroatoms. The molecule has 3 rings (SSSR count). The van der Waals surface area contributed by atoms with Gasteiger partial charge in [-0.25, -0.2) is 0 Å². The first kappa shape index (κ1) is 16.9. The summed E-state index contributed by atoms with van der Waals surface area (Å²) in [6.45, 7) is 5.58. The van der Waals surface area contributed by atoms with Gasteiger partial charge in [-0.05, 0) is 55.2 Å². The van der Waals surface area contributed by atoms with Gasteiger partial charge in [0.25, 0.3) is 0 Å². The van der Waals surface area contributed by atoms with Gasteiger partial charge in [-0.3, -0.25) is 0 Å². The lowest BCUT2D eigenvalue weighted by atomic mass is 10.1. The van der Waals surface area contributed by atoms with Crippen LogP contribution in [-0.4, -0.2) is 34.5 Å². The Morgan fingerprint density at radius 2 is 1.67 bits per heavy atom. The smallest absolute Gasteiger partial charge is 0.175 e. The number of nitrogens with zero attached hydrogens (tertiary/aromatic N) is 1. The van der Waals surface area contributed by atoms with Gasteiger partial charge in [0.15, 0.2) is 4.77 Å². The number of hydrogen-bond acceptors (Lipinski definition) is 2. The molecule has 0 radical (unpaired) electrons. The minimum absolute atomic E-state index is 0.701. The summed E-state index contributed by atoms with van der Waals surface area (Å²) in [4.78, 5) is 9.05. The lowest BCUT2D eigenvalue weighted by Crippen LogP contribution is -2.29. The van der Waals surface area contributed by atoms with E-state index >= 15 is 0 Å². The zero-order chi connectivity index (χ0) is 16.8. The molecule has 2 aromatic carbocycles. The number of benzene rings is 2. The fourth-order valence-corrected chi connectivity index (χ4v) is 3.40. The molecule has 2 N–H and O–H groups in total. The fraction of sp³-hybridized carbons (Fsp3) is 0.350. The average molecular weight is 340 g/mol. The normalized spacial score (nSPS) is 11.4. The van der Waals surface area contributed by atoms with Crippen molar-refractivity contribution in [3.8, 4) is 0 Å². The van der Waals surface area contributed by atoms with E-state index in [0.717, 1.165) is 43.5 Å². The van der Waals surface area contributed by atoms with Crippen molar-refractivity contribution in [3.05, 3.63) is 64.4 Å². The summed E-state index contributed by atoms with van der Waals surface area (Å²) < 4.78 is 0.701. The molecular weight excluding hydrogens is 314 g/mol. The second-order valence-electron chi connectivity index (χ2n) is 6.25. The minimum atomic E-state index is 0.701. The van der Waals surface area contributed by atoms with E-state index in [0.29, 0.717) is 4.77 Å². The van der Waals surface area contributed by atoms with Crippen molar-refractivity contribution < 1.29 is 0 Å². The molecule has 0 aliphatic carbocycles. The molecule has 24 heavy (non-hydrogen) atoms. The summed E-state index contributed by atoms with van der Waals surface area (Å²) in [6.07, 6.45) is 3.33. The Morgan fingerprint density at radius 1 is 0.875 bits per heavy atom. The molecule has 0 saturated carbocycles. The molecule has 0 atom stereocenters. The highest BCUT2D eigenvalue weighted by Gasteiger charge is 2.08. The lowest BCUT2D eigenvalue weighted by Gasteiger charge is -2.22. The Morgan fingerprint density at radius 3 is 2.46 bits per heavy atom. The summed E-state index contributed by atoms with van der Waals surface area (Å²) in [5.74, 6) is 0. The molecule has 0 aliphatic rings. The molecular formula is C20H25N3S. The highest BCUT2D eigenvalue weighted by atomic mass is 32.1. The molecule has 0 spiro atoms. The van der Waals surface area contributed by atoms with E-state index in [-0.39, 0.29) is 0 Å². The van der Waals surface area contributed by atoms with E-state index in [9.17, 15) is 0 Å². The number of nitrogens with one attached hydrogen (secondary N) is 2. The Labute approximate surface area is 148 Å². The van der Waals surface area contributed by atoms with Gasteiger partial charge in [0.2, 0.25) is 0 Å². The molecule has 3 aromatic rings. The third-order valence-corrected chi connectivity index (χ3v) is 4.64. The Balaban J connectivity index is 1.63. The topological polar surface area (TPSA) is 34.8 Å². The first-order valence-electron chi connectivity index (χ1n) is 8.72. The number of imidazole rings is 1. The SMILES string of the molecule is CCCN(CCc1ccccc1)CCc1cccc2[nH]c(=S)[nH]c12. The Hall–Kier alpha value is -1.91. The number of rotatable bonds is 8. The quantitative estimate of drug-likeness (QED) is 0.582. The maximum absolute atomic E-state index is 5.22. The van der Waals surface area contributed by atoms with Crippen LogP contribution in [0, 0.1) is 4.77 Å². The Kier molecular flexibility index (Phi) is 5.83. The van der Waals surface area contributed by atoms with Crippen LogP contribution in [0.3, 0.4) is 0 Å². The van der Waals surface area contributed by atoms with Gasteiger partial charge in [0.05, 0.1) is 11.0 Å².